The zero-order valence-electron chi connectivity index (χ0n) is 7.47. The third-order valence-electron chi connectivity index (χ3n) is 1.26. The van der Waals surface area contributed by atoms with Gasteiger partial charge in [-0.2, -0.15) is 10.7 Å². The Kier molecular flexibility index (Phi) is 7.23. The minimum atomic E-state index is 0. The Bertz CT molecular complexity index is 223. The van der Waals surface area contributed by atoms with Gasteiger partial charge in [-0.25, -0.2) is 6.07 Å². The normalized spacial score (nSPS) is 7.91. The van der Waals surface area contributed by atoms with Crippen LogP contribution in [0.25, 0.3) is 0 Å². The molecule has 3 heteroatoms. The summed E-state index contributed by atoms with van der Waals surface area (Å²) in [6.45, 7) is 5.80. The maximum absolute atomic E-state index is 3.90. The summed E-state index contributed by atoms with van der Waals surface area (Å²) in [5.41, 5.74) is 2.90. The molecule has 11 heavy (non-hydrogen) atoms. The minimum absolute atomic E-state index is 0. The first-order chi connectivity index (χ1) is 4.20. The fraction of sp³-hybridized carbons (Fsp3) is 0.375. The summed E-state index contributed by atoms with van der Waals surface area (Å²) < 4.78 is 0. The molecule has 0 saturated carbocycles. The predicted octanol–water partition coefficient (Wildman–Crippen LogP) is 1.65. The smallest absolute Gasteiger partial charge is 0.358 e. The van der Waals surface area contributed by atoms with Gasteiger partial charge in [-0.1, -0.05) is 19.5 Å². The van der Waals surface area contributed by atoms with E-state index in [4.69, 9.17) is 0 Å². The van der Waals surface area contributed by atoms with Crippen molar-refractivity contribution in [3.05, 3.63) is 30.4 Å². The number of nitrogens with zero attached hydrogens (tertiary/aromatic N) is 2. The largest absolute Gasteiger partial charge is 3.00 e. The zero-order valence-corrected chi connectivity index (χ0v) is 10.3. The number of aryl methyl sites for hydroxylation is 3. The standard InChI is InChI=1S/C7H9N2.CH3.Y/c1-5-4-6(2)8-9-7(5)3;;/h1-3H3;1H3;/q2*-1;+3. The van der Waals surface area contributed by atoms with Crippen LogP contribution in [0.2, 0.25) is 0 Å². The molecule has 1 rings (SSSR count). The van der Waals surface area contributed by atoms with Crippen LogP contribution in [0.15, 0.2) is 0 Å². The van der Waals surface area contributed by atoms with Crippen molar-refractivity contribution in [1.82, 2.24) is 10.2 Å². The van der Waals surface area contributed by atoms with E-state index in [0.29, 0.717) is 0 Å². The Morgan fingerprint density at radius 3 is 2.00 bits per heavy atom. The number of hydrogen-bond donors (Lipinski definition) is 0. The molecule has 1 aromatic heterocycles. The van der Waals surface area contributed by atoms with Crippen molar-refractivity contribution in [2.45, 2.75) is 20.8 Å². The molecular formula is C8H12N2Y+. The molecule has 0 amide bonds. The molecule has 0 atom stereocenters. The van der Waals surface area contributed by atoms with Gasteiger partial charge < -0.3 is 7.43 Å². The molecule has 0 radical (unpaired) electrons. The van der Waals surface area contributed by atoms with Crippen LogP contribution in [0, 0.1) is 34.3 Å². The van der Waals surface area contributed by atoms with Crippen LogP contribution in [0.1, 0.15) is 17.0 Å². The van der Waals surface area contributed by atoms with E-state index >= 15 is 0 Å². The van der Waals surface area contributed by atoms with Crippen molar-refractivity contribution in [2.75, 3.05) is 0 Å². The molecule has 0 spiro atoms. The van der Waals surface area contributed by atoms with E-state index in [9.17, 15) is 0 Å². The molecule has 56 valence electrons. The Morgan fingerprint density at radius 2 is 1.64 bits per heavy atom. The SMILES string of the molecule is Cc1[c-]c(C)c(C)nn1.[CH3-].[Y+3]. The quantitative estimate of drug-likeness (QED) is 0.627. The van der Waals surface area contributed by atoms with Gasteiger partial charge in [0.1, 0.15) is 0 Å². The van der Waals surface area contributed by atoms with E-state index in [2.05, 4.69) is 16.3 Å². The molecule has 0 aliphatic carbocycles. The van der Waals surface area contributed by atoms with Gasteiger partial charge in [0.25, 0.3) is 0 Å². The Morgan fingerprint density at radius 1 is 1.09 bits per heavy atom. The monoisotopic (exact) mass is 225 g/mol. The van der Waals surface area contributed by atoms with E-state index in [1.54, 1.807) is 0 Å². The molecule has 0 unspecified atom stereocenters. The summed E-state index contributed by atoms with van der Waals surface area (Å²) in [5, 5.41) is 7.73. The van der Waals surface area contributed by atoms with Crippen LogP contribution in [0.5, 0.6) is 0 Å². The molecule has 0 saturated heterocycles. The fourth-order valence-electron chi connectivity index (χ4n) is 0.612. The van der Waals surface area contributed by atoms with Crippen LogP contribution in [0.4, 0.5) is 0 Å². The van der Waals surface area contributed by atoms with Gasteiger partial charge >= 0.3 is 32.7 Å². The molecule has 0 aliphatic heterocycles. The summed E-state index contributed by atoms with van der Waals surface area (Å²) in [6, 6.07) is 3.06. The molecule has 0 bridgehead atoms. The number of aromatic nitrogens is 2. The van der Waals surface area contributed by atoms with Gasteiger partial charge in [-0.3, -0.25) is 5.10 Å². The fourth-order valence-corrected chi connectivity index (χ4v) is 0.612. The number of rotatable bonds is 0. The van der Waals surface area contributed by atoms with E-state index in [1.807, 2.05) is 20.8 Å². The Labute approximate surface area is 93.7 Å². The molecule has 2 nitrogen and oxygen atoms in total. The third kappa shape index (κ3) is 3.92. The maximum atomic E-state index is 3.90. The summed E-state index contributed by atoms with van der Waals surface area (Å²) >= 11 is 0. The van der Waals surface area contributed by atoms with Crippen molar-refractivity contribution >= 4 is 0 Å². The van der Waals surface area contributed by atoms with Crippen LogP contribution in [-0.4, -0.2) is 10.2 Å². The van der Waals surface area contributed by atoms with Crippen molar-refractivity contribution in [2.24, 2.45) is 0 Å². The van der Waals surface area contributed by atoms with Gasteiger partial charge in [0.2, 0.25) is 0 Å². The van der Waals surface area contributed by atoms with Gasteiger partial charge in [-0.15, -0.1) is 0 Å². The first-order valence-electron chi connectivity index (χ1n) is 2.90. The first kappa shape index (κ1) is 13.8. The topological polar surface area (TPSA) is 25.8 Å². The van der Waals surface area contributed by atoms with Gasteiger partial charge in [-0.05, 0) is 12.6 Å². The second-order valence-electron chi connectivity index (χ2n) is 2.12. The average molecular weight is 225 g/mol. The minimum Gasteiger partial charge on any atom is -0.358 e. The third-order valence-corrected chi connectivity index (χ3v) is 1.26. The molecule has 0 N–H and O–H groups in total. The molecule has 0 aliphatic rings. The van der Waals surface area contributed by atoms with Crippen LogP contribution < -0.4 is 0 Å². The first-order valence-corrected chi connectivity index (χ1v) is 2.90. The molecule has 1 heterocycles. The summed E-state index contributed by atoms with van der Waals surface area (Å²) in [7, 11) is 0. The molecular weight excluding hydrogens is 213 g/mol. The molecule has 1 aromatic rings. The van der Waals surface area contributed by atoms with Crippen molar-refractivity contribution < 1.29 is 32.7 Å². The van der Waals surface area contributed by atoms with E-state index in [-0.39, 0.29) is 40.1 Å². The zero-order chi connectivity index (χ0) is 6.85. The van der Waals surface area contributed by atoms with Crippen molar-refractivity contribution in [1.29, 1.82) is 0 Å². The average Bonchev–Trinajstić information content (AvgIpc) is 1.80. The maximum Gasteiger partial charge on any atom is 3.00 e. The van der Waals surface area contributed by atoms with Gasteiger partial charge in [0.15, 0.2) is 0 Å². The Hall–Kier alpha value is 0.184. The van der Waals surface area contributed by atoms with Crippen molar-refractivity contribution in [3.63, 3.8) is 0 Å². The summed E-state index contributed by atoms with van der Waals surface area (Å²) in [6.07, 6.45) is 0. The van der Waals surface area contributed by atoms with Crippen LogP contribution >= 0.6 is 0 Å². The van der Waals surface area contributed by atoms with Crippen LogP contribution in [0.3, 0.4) is 0 Å². The summed E-state index contributed by atoms with van der Waals surface area (Å²) in [5.74, 6) is 0. The van der Waals surface area contributed by atoms with E-state index in [1.165, 1.54) is 0 Å². The van der Waals surface area contributed by atoms with E-state index in [0.717, 1.165) is 17.0 Å². The predicted molar refractivity (Wildman–Crippen MR) is 41.5 cm³/mol. The van der Waals surface area contributed by atoms with Gasteiger partial charge in [0, 0.05) is 0 Å². The molecule has 0 aromatic carbocycles. The van der Waals surface area contributed by atoms with E-state index < -0.39 is 0 Å². The van der Waals surface area contributed by atoms with Crippen molar-refractivity contribution in [3.8, 4) is 0 Å². The van der Waals surface area contributed by atoms with Gasteiger partial charge in [0.05, 0.1) is 0 Å². The number of hydrogen-bond acceptors (Lipinski definition) is 2. The second-order valence-corrected chi connectivity index (χ2v) is 2.12. The second kappa shape index (κ2) is 5.79. The Balaban J connectivity index is 0. The van der Waals surface area contributed by atoms with Crippen LogP contribution in [-0.2, 0) is 32.7 Å². The summed E-state index contributed by atoms with van der Waals surface area (Å²) in [4.78, 5) is 0. The molecule has 0 fully saturated rings.